The van der Waals surface area contributed by atoms with Crippen molar-refractivity contribution in [2.75, 3.05) is 26.2 Å². The molecule has 0 unspecified atom stereocenters. The summed E-state index contributed by atoms with van der Waals surface area (Å²) >= 11 is 1.52. The molecule has 1 amide bonds. The molecule has 0 saturated carbocycles. The highest BCUT2D eigenvalue weighted by Crippen LogP contribution is 2.30. The predicted molar refractivity (Wildman–Crippen MR) is 159 cm³/mol. The zero-order valence-electron chi connectivity index (χ0n) is 22.3. The number of carbonyl (C=O) groups excluding carboxylic acids is 1. The summed E-state index contributed by atoms with van der Waals surface area (Å²) in [5.74, 6) is 0.0774. The van der Waals surface area contributed by atoms with E-state index in [1.807, 2.05) is 72.6 Å². The number of benzene rings is 3. The Labute approximate surface area is 237 Å². The molecule has 0 spiro atoms. The van der Waals surface area contributed by atoms with Gasteiger partial charge in [0.15, 0.2) is 4.80 Å². The summed E-state index contributed by atoms with van der Waals surface area (Å²) in [6.07, 6.45) is 2.53. The molecule has 0 aliphatic carbocycles. The summed E-state index contributed by atoms with van der Waals surface area (Å²) in [5, 5.41) is 16.1. The van der Waals surface area contributed by atoms with Crippen LogP contribution in [0.3, 0.4) is 0 Å². The molecule has 2 aromatic heterocycles. The monoisotopic (exact) mass is 546 g/mol. The Kier molecular flexibility index (Phi) is 7.32. The molecule has 0 bridgehead atoms. The SMILES string of the molecule is Cc1cccc(/N=c2\scc(-c3cccc(C#N)c3)n2[C@@H](Cc2c[nH]c3ccccc23)C(=O)N2CCNCC2)c1. The van der Waals surface area contributed by atoms with Gasteiger partial charge in [0.1, 0.15) is 6.04 Å². The van der Waals surface area contributed by atoms with E-state index in [0.29, 0.717) is 25.1 Å². The van der Waals surface area contributed by atoms with Crippen molar-refractivity contribution in [1.82, 2.24) is 19.8 Å². The van der Waals surface area contributed by atoms with Gasteiger partial charge in [-0.05, 0) is 48.4 Å². The number of aromatic amines is 1. The molecular formula is C32H30N6OS. The first-order valence-corrected chi connectivity index (χ1v) is 14.3. The third-order valence-corrected chi connectivity index (χ3v) is 8.21. The Morgan fingerprint density at radius 1 is 1.07 bits per heavy atom. The molecule has 1 fully saturated rings. The summed E-state index contributed by atoms with van der Waals surface area (Å²) in [6, 6.07) is 25.6. The molecule has 40 heavy (non-hydrogen) atoms. The standard InChI is InChI=1S/C32H30N6OS/c1-22-6-4-9-26(16-22)36-32-38(30(21-40-32)24-8-5-7-23(17-24)19-33)29(31(39)37-14-12-34-13-15-37)18-25-20-35-28-11-3-2-10-27(25)28/h2-11,16-17,20-21,29,34-35H,12-15,18H2,1H3/b36-32-/t29-/m0/s1. The number of hydrogen-bond donors (Lipinski definition) is 2. The van der Waals surface area contributed by atoms with E-state index in [1.54, 1.807) is 6.07 Å². The first-order valence-electron chi connectivity index (χ1n) is 13.5. The first kappa shape index (κ1) is 25.8. The van der Waals surface area contributed by atoms with Gasteiger partial charge in [-0.2, -0.15) is 5.26 Å². The van der Waals surface area contributed by atoms with E-state index >= 15 is 0 Å². The van der Waals surface area contributed by atoms with Crippen LogP contribution in [-0.4, -0.2) is 46.5 Å². The van der Waals surface area contributed by atoms with Crippen molar-refractivity contribution in [1.29, 1.82) is 5.26 Å². The lowest BCUT2D eigenvalue weighted by molar-refractivity contribution is -0.135. The number of thiazole rings is 1. The van der Waals surface area contributed by atoms with Crippen molar-refractivity contribution in [3.05, 3.63) is 106 Å². The van der Waals surface area contributed by atoms with E-state index in [2.05, 4.69) is 38.4 Å². The summed E-state index contributed by atoms with van der Waals surface area (Å²) < 4.78 is 2.09. The van der Waals surface area contributed by atoms with Gasteiger partial charge >= 0.3 is 0 Å². The average Bonchev–Trinajstić information content (AvgIpc) is 3.60. The largest absolute Gasteiger partial charge is 0.361 e. The number of carbonyl (C=O) groups is 1. The van der Waals surface area contributed by atoms with Gasteiger partial charge < -0.3 is 19.8 Å². The van der Waals surface area contributed by atoms with Gasteiger partial charge in [0.2, 0.25) is 5.91 Å². The quantitative estimate of drug-likeness (QED) is 0.302. The van der Waals surface area contributed by atoms with Gasteiger partial charge in [-0.25, -0.2) is 4.99 Å². The molecule has 7 nitrogen and oxygen atoms in total. The van der Waals surface area contributed by atoms with Gasteiger partial charge in [-0.15, -0.1) is 11.3 Å². The van der Waals surface area contributed by atoms with Crippen molar-refractivity contribution in [2.45, 2.75) is 19.4 Å². The summed E-state index contributed by atoms with van der Waals surface area (Å²) in [7, 11) is 0. The number of rotatable bonds is 6. The van der Waals surface area contributed by atoms with Gasteiger partial charge in [0.05, 0.1) is 23.0 Å². The fraction of sp³-hybridized carbons (Fsp3) is 0.219. The number of nitrogens with one attached hydrogen (secondary N) is 2. The van der Waals surface area contributed by atoms with Crippen LogP contribution in [0.4, 0.5) is 5.69 Å². The second-order valence-corrected chi connectivity index (χ2v) is 10.9. The molecule has 0 radical (unpaired) electrons. The minimum Gasteiger partial charge on any atom is -0.361 e. The van der Waals surface area contributed by atoms with E-state index in [0.717, 1.165) is 56.9 Å². The number of H-pyrrole nitrogens is 1. The van der Waals surface area contributed by atoms with Crippen molar-refractivity contribution in [3.63, 3.8) is 0 Å². The number of piperazine rings is 1. The Bertz CT molecular complexity index is 1780. The van der Waals surface area contributed by atoms with Crippen LogP contribution in [0, 0.1) is 18.3 Å². The second-order valence-electron chi connectivity index (χ2n) is 10.1. The van der Waals surface area contributed by atoms with Crippen LogP contribution < -0.4 is 10.1 Å². The lowest BCUT2D eigenvalue weighted by Gasteiger charge is -2.32. The molecular weight excluding hydrogens is 516 g/mol. The number of amides is 1. The number of nitriles is 1. The molecule has 2 N–H and O–H groups in total. The molecule has 3 aromatic carbocycles. The zero-order chi connectivity index (χ0) is 27.5. The number of hydrogen-bond acceptors (Lipinski definition) is 5. The average molecular weight is 547 g/mol. The molecule has 1 aliphatic rings. The Morgan fingerprint density at radius 3 is 2.73 bits per heavy atom. The molecule has 200 valence electrons. The Hall–Kier alpha value is -4.45. The molecule has 5 aromatic rings. The van der Waals surface area contributed by atoms with E-state index in [-0.39, 0.29) is 5.91 Å². The maximum absolute atomic E-state index is 14.4. The van der Waals surface area contributed by atoms with Gasteiger partial charge in [-0.3, -0.25) is 4.79 Å². The number of para-hydroxylation sites is 1. The number of aryl methyl sites for hydroxylation is 1. The number of aromatic nitrogens is 2. The Morgan fingerprint density at radius 2 is 1.90 bits per heavy atom. The normalized spacial score (nSPS) is 14.8. The van der Waals surface area contributed by atoms with Crippen LogP contribution >= 0.6 is 11.3 Å². The summed E-state index contributed by atoms with van der Waals surface area (Å²) in [6.45, 7) is 4.93. The van der Waals surface area contributed by atoms with Crippen LogP contribution in [0.1, 0.15) is 22.7 Å². The maximum atomic E-state index is 14.4. The fourth-order valence-electron chi connectivity index (χ4n) is 5.36. The molecule has 1 saturated heterocycles. The highest BCUT2D eigenvalue weighted by molar-refractivity contribution is 7.07. The molecule has 8 heteroatoms. The molecule has 6 rings (SSSR count). The van der Waals surface area contributed by atoms with Crippen LogP contribution in [0.5, 0.6) is 0 Å². The van der Waals surface area contributed by atoms with Crippen molar-refractivity contribution >= 4 is 33.8 Å². The highest BCUT2D eigenvalue weighted by atomic mass is 32.1. The van der Waals surface area contributed by atoms with E-state index in [4.69, 9.17) is 4.99 Å². The van der Waals surface area contributed by atoms with Crippen molar-refractivity contribution in [3.8, 4) is 17.3 Å². The van der Waals surface area contributed by atoms with Crippen LogP contribution in [0.15, 0.2) is 89.4 Å². The van der Waals surface area contributed by atoms with E-state index in [1.165, 1.54) is 11.3 Å². The number of nitrogens with zero attached hydrogens (tertiary/aromatic N) is 4. The van der Waals surface area contributed by atoms with E-state index < -0.39 is 6.04 Å². The smallest absolute Gasteiger partial charge is 0.246 e. The van der Waals surface area contributed by atoms with Crippen molar-refractivity contribution in [2.24, 2.45) is 4.99 Å². The predicted octanol–water partition coefficient (Wildman–Crippen LogP) is 5.33. The summed E-state index contributed by atoms with van der Waals surface area (Å²) in [4.78, 5) is 25.5. The van der Waals surface area contributed by atoms with Crippen LogP contribution in [-0.2, 0) is 11.2 Å². The Balaban J connectivity index is 1.56. The first-order chi connectivity index (χ1) is 19.6. The van der Waals surface area contributed by atoms with Gasteiger partial charge in [0, 0.05) is 60.6 Å². The van der Waals surface area contributed by atoms with E-state index in [9.17, 15) is 10.1 Å². The maximum Gasteiger partial charge on any atom is 0.246 e. The van der Waals surface area contributed by atoms with Gasteiger partial charge in [-0.1, -0.05) is 42.5 Å². The van der Waals surface area contributed by atoms with Crippen LogP contribution in [0.25, 0.3) is 22.2 Å². The zero-order valence-corrected chi connectivity index (χ0v) is 23.1. The minimum atomic E-state index is -0.521. The molecule has 1 atom stereocenters. The topological polar surface area (TPSA) is 89.2 Å². The molecule has 3 heterocycles. The number of fused-ring (bicyclic) bond motifs is 1. The summed E-state index contributed by atoms with van der Waals surface area (Å²) in [5.41, 5.74) is 6.44. The van der Waals surface area contributed by atoms with Crippen LogP contribution in [0.2, 0.25) is 0 Å². The molecule has 1 aliphatic heterocycles. The third kappa shape index (κ3) is 5.22. The lowest BCUT2D eigenvalue weighted by atomic mass is 10.0. The third-order valence-electron chi connectivity index (χ3n) is 7.37. The fourth-order valence-corrected chi connectivity index (χ4v) is 6.33. The highest BCUT2D eigenvalue weighted by Gasteiger charge is 2.31. The minimum absolute atomic E-state index is 0.0774. The lowest BCUT2D eigenvalue weighted by Crippen LogP contribution is -2.49. The second kappa shape index (κ2) is 11.3. The van der Waals surface area contributed by atoms with Gasteiger partial charge in [0.25, 0.3) is 0 Å². The van der Waals surface area contributed by atoms with Crippen molar-refractivity contribution < 1.29 is 4.79 Å².